The third kappa shape index (κ3) is 3.17. The Labute approximate surface area is 116 Å². The number of hydrazone groups is 1. The molecule has 0 fully saturated rings. The number of phenolic OH excluding ortho intramolecular Hbond substituents is 1. The highest BCUT2D eigenvalue weighted by atomic mass is 35.5. The largest absolute Gasteiger partial charge is 0.503 e. The van der Waals surface area contributed by atoms with Crippen LogP contribution in [0.2, 0.25) is 5.02 Å². The van der Waals surface area contributed by atoms with Gasteiger partial charge in [-0.2, -0.15) is 5.10 Å². The van der Waals surface area contributed by atoms with E-state index in [-0.39, 0.29) is 10.8 Å². The maximum Gasteiger partial charge on any atom is 0.177 e. The van der Waals surface area contributed by atoms with Crippen molar-refractivity contribution < 1.29 is 9.84 Å². The average molecular weight is 277 g/mol. The van der Waals surface area contributed by atoms with E-state index in [0.717, 1.165) is 5.69 Å². The third-order valence-corrected chi connectivity index (χ3v) is 2.90. The molecule has 4 nitrogen and oxygen atoms in total. The Bertz CT molecular complexity index is 585. The van der Waals surface area contributed by atoms with E-state index in [1.165, 1.54) is 13.3 Å². The molecule has 0 saturated carbocycles. The summed E-state index contributed by atoms with van der Waals surface area (Å²) >= 11 is 6.01. The summed E-state index contributed by atoms with van der Waals surface area (Å²) in [6.07, 6.45) is 1.54. The molecule has 5 heteroatoms. The van der Waals surface area contributed by atoms with Gasteiger partial charge < -0.3 is 9.84 Å². The van der Waals surface area contributed by atoms with Crippen LogP contribution in [0.4, 0.5) is 5.69 Å². The van der Waals surface area contributed by atoms with Gasteiger partial charge in [-0.1, -0.05) is 29.8 Å². The summed E-state index contributed by atoms with van der Waals surface area (Å²) in [4.78, 5) is 0. The summed E-state index contributed by atoms with van der Waals surface area (Å²) in [6, 6.07) is 12.9. The fourth-order valence-electron chi connectivity index (χ4n) is 1.52. The molecule has 0 spiro atoms. The van der Waals surface area contributed by atoms with Crippen LogP contribution in [0.1, 0.15) is 5.56 Å². The van der Waals surface area contributed by atoms with Gasteiger partial charge in [0.2, 0.25) is 0 Å². The van der Waals surface area contributed by atoms with Crippen molar-refractivity contribution >= 4 is 23.5 Å². The molecule has 2 rings (SSSR count). The number of aromatic hydroxyl groups is 1. The quantitative estimate of drug-likeness (QED) is 0.664. The molecule has 0 aliphatic carbocycles. The van der Waals surface area contributed by atoms with Crippen LogP contribution in [0.3, 0.4) is 0 Å². The highest BCUT2D eigenvalue weighted by Crippen LogP contribution is 2.35. The van der Waals surface area contributed by atoms with Crippen molar-refractivity contribution in [2.75, 3.05) is 12.5 Å². The van der Waals surface area contributed by atoms with Gasteiger partial charge >= 0.3 is 0 Å². The number of hydrogen-bond acceptors (Lipinski definition) is 4. The van der Waals surface area contributed by atoms with Gasteiger partial charge in [0.05, 0.1) is 24.0 Å². The van der Waals surface area contributed by atoms with E-state index in [0.29, 0.717) is 11.3 Å². The van der Waals surface area contributed by atoms with Gasteiger partial charge in [0.1, 0.15) is 0 Å². The molecule has 0 amide bonds. The number of anilines is 1. The lowest BCUT2D eigenvalue weighted by atomic mass is 10.2. The van der Waals surface area contributed by atoms with E-state index in [9.17, 15) is 5.11 Å². The normalized spacial score (nSPS) is 10.6. The van der Waals surface area contributed by atoms with E-state index in [2.05, 4.69) is 10.5 Å². The van der Waals surface area contributed by atoms with E-state index in [1.54, 1.807) is 12.1 Å². The van der Waals surface area contributed by atoms with Crippen LogP contribution in [0.5, 0.6) is 11.5 Å². The molecule has 98 valence electrons. The van der Waals surface area contributed by atoms with Crippen LogP contribution in [-0.4, -0.2) is 18.4 Å². The van der Waals surface area contributed by atoms with Crippen LogP contribution in [0, 0.1) is 0 Å². The molecule has 0 aliphatic heterocycles. The summed E-state index contributed by atoms with van der Waals surface area (Å²) < 4.78 is 4.96. The molecular formula is C14H13ClN2O2. The van der Waals surface area contributed by atoms with E-state index in [4.69, 9.17) is 16.3 Å². The Kier molecular flexibility index (Phi) is 4.26. The Morgan fingerprint density at radius 2 is 1.95 bits per heavy atom. The lowest BCUT2D eigenvalue weighted by Crippen LogP contribution is -1.92. The minimum absolute atomic E-state index is 0.0900. The Morgan fingerprint density at radius 3 is 2.63 bits per heavy atom. The molecule has 0 radical (unpaired) electrons. The summed E-state index contributed by atoms with van der Waals surface area (Å²) in [5.41, 5.74) is 4.33. The number of rotatable bonds is 4. The smallest absolute Gasteiger partial charge is 0.177 e. The molecule has 0 aliphatic rings. The lowest BCUT2D eigenvalue weighted by Gasteiger charge is -2.06. The zero-order valence-corrected chi connectivity index (χ0v) is 11.1. The monoisotopic (exact) mass is 276 g/mol. The first-order chi connectivity index (χ1) is 9.22. The minimum Gasteiger partial charge on any atom is -0.503 e. The van der Waals surface area contributed by atoms with Gasteiger partial charge in [0.15, 0.2) is 11.5 Å². The van der Waals surface area contributed by atoms with E-state index in [1.807, 2.05) is 30.3 Å². The van der Waals surface area contributed by atoms with Crippen LogP contribution in [-0.2, 0) is 0 Å². The molecule has 0 aromatic heterocycles. The third-order valence-electron chi connectivity index (χ3n) is 2.50. The first kappa shape index (κ1) is 13.2. The molecule has 0 atom stereocenters. The van der Waals surface area contributed by atoms with Gasteiger partial charge in [-0.3, -0.25) is 5.43 Å². The highest BCUT2D eigenvalue weighted by Gasteiger charge is 2.09. The number of nitrogens with one attached hydrogen (secondary N) is 1. The van der Waals surface area contributed by atoms with E-state index < -0.39 is 0 Å². The maximum atomic E-state index is 9.76. The minimum atomic E-state index is -0.0900. The van der Waals surface area contributed by atoms with Crippen molar-refractivity contribution in [3.63, 3.8) is 0 Å². The molecule has 0 saturated heterocycles. The molecule has 0 heterocycles. The van der Waals surface area contributed by atoms with Crippen LogP contribution in [0.25, 0.3) is 0 Å². The molecular weight excluding hydrogens is 264 g/mol. The van der Waals surface area contributed by atoms with Crippen molar-refractivity contribution in [3.8, 4) is 11.5 Å². The summed E-state index contributed by atoms with van der Waals surface area (Å²) in [7, 11) is 1.47. The molecule has 2 N–H and O–H groups in total. The molecule has 0 unspecified atom stereocenters. The fraction of sp³-hybridized carbons (Fsp3) is 0.0714. The predicted molar refractivity (Wildman–Crippen MR) is 77.3 cm³/mol. The first-order valence-electron chi connectivity index (χ1n) is 5.62. The van der Waals surface area contributed by atoms with Crippen molar-refractivity contribution in [3.05, 3.63) is 53.1 Å². The van der Waals surface area contributed by atoms with Gasteiger partial charge in [0, 0.05) is 5.56 Å². The molecule has 19 heavy (non-hydrogen) atoms. The second kappa shape index (κ2) is 6.11. The number of methoxy groups -OCH3 is 1. The van der Waals surface area contributed by atoms with Crippen LogP contribution < -0.4 is 10.2 Å². The summed E-state index contributed by atoms with van der Waals surface area (Å²) in [6.45, 7) is 0. The second-order valence-electron chi connectivity index (χ2n) is 3.76. The SMILES string of the molecule is COc1ccc(C=NNc2ccccc2)c(Cl)c1O. The van der Waals surface area contributed by atoms with Crippen molar-refractivity contribution in [2.24, 2.45) is 5.10 Å². The van der Waals surface area contributed by atoms with Crippen molar-refractivity contribution in [2.45, 2.75) is 0 Å². The predicted octanol–water partition coefficient (Wildman–Crippen LogP) is 3.50. The van der Waals surface area contributed by atoms with Gasteiger partial charge in [-0.25, -0.2) is 0 Å². The number of phenols is 1. The average Bonchev–Trinajstić information content (AvgIpc) is 2.45. The number of ether oxygens (including phenoxy) is 1. The topological polar surface area (TPSA) is 53.8 Å². The summed E-state index contributed by atoms with van der Waals surface area (Å²) in [5.74, 6) is 0.242. The fourth-order valence-corrected chi connectivity index (χ4v) is 1.72. The van der Waals surface area contributed by atoms with Crippen molar-refractivity contribution in [1.29, 1.82) is 0 Å². The molecule has 2 aromatic carbocycles. The number of para-hydroxylation sites is 1. The number of nitrogens with zero attached hydrogens (tertiary/aromatic N) is 1. The van der Waals surface area contributed by atoms with Gasteiger partial charge in [-0.05, 0) is 24.3 Å². The first-order valence-corrected chi connectivity index (χ1v) is 5.99. The maximum absolute atomic E-state index is 9.76. The number of halogens is 1. The zero-order valence-electron chi connectivity index (χ0n) is 10.3. The van der Waals surface area contributed by atoms with Gasteiger partial charge in [0.25, 0.3) is 0 Å². The lowest BCUT2D eigenvalue weighted by molar-refractivity contribution is 0.373. The van der Waals surface area contributed by atoms with Crippen LogP contribution >= 0.6 is 11.6 Å². The standard InChI is InChI=1S/C14H13ClN2O2/c1-19-12-8-7-10(13(15)14(12)18)9-16-17-11-5-3-2-4-6-11/h2-9,17-18H,1H3. The van der Waals surface area contributed by atoms with Crippen molar-refractivity contribution in [1.82, 2.24) is 0 Å². The Morgan fingerprint density at radius 1 is 1.21 bits per heavy atom. The second-order valence-corrected chi connectivity index (χ2v) is 4.13. The van der Waals surface area contributed by atoms with E-state index >= 15 is 0 Å². The van der Waals surface area contributed by atoms with Gasteiger partial charge in [-0.15, -0.1) is 0 Å². The Balaban J connectivity index is 2.13. The highest BCUT2D eigenvalue weighted by molar-refractivity contribution is 6.34. The number of benzene rings is 2. The molecule has 2 aromatic rings. The zero-order chi connectivity index (χ0) is 13.7. The number of hydrogen-bond donors (Lipinski definition) is 2. The summed E-state index contributed by atoms with van der Waals surface area (Å²) in [5, 5.41) is 14.0. The van der Waals surface area contributed by atoms with Crippen LogP contribution in [0.15, 0.2) is 47.6 Å². The molecule has 0 bridgehead atoms. The Hall–Kier alpha value is -2.20.